The van der Waals surface area contributed by atoms with Crippen LogP contribution in [-0.2, 0) is 9.53 Å². The van der Waals surface area contributed by atoms with Gasteiger partial charge in [0.15, 0.2) is 0 Å². The first-order valence-corrected chi connectivity index (χ1v) is 9.05. The highest BCUT2D eigenvalue weighted by Crippen LogP contribution is 2.39. The normalized spacial score (nSPS) is 23.8. The first-order chi connectivity index (χ1) is 10.2. The Kier molecular flexibility index (Phi) is 5.21. The first kappa shape index (κ1) is 15.3. The van der Waals surface area contributed by atoms with E-state index in [-0.39, 0.29) is 11.3 Å². The topological polar surface area (TPSA) is 32.8 Å². The van der Waals surface area contributed by atoms with Crippen LogP contribution in [0.2, 0.25) is 0 Å². The van der Waals surface area contributed by atoms with Crippen LogP contribution in [0, 0.1) is 0 Å². The highest BCUT2D eigenvalue weighted by molar-refractivity contribution is 9.10. The lowest BCUT2D eigenvalue weighted by Gasteiger charge is -2.30. The molecule has 0 aliphatic carbocycles. The SMILES string of the molecule is O=C1CSC(c2cccc(Br)c2)N1CCN1CCOCC1. The van der Waals surface area contributed by atoms with E-state index in [1.807, 2.05) is 17.0 Å². The van der Waals surface area contributed by atoms with Crippen molar-refractivity contribution in [3.8, 4) is 0 Å². The maximum absolute atomic E-state index is 12.2. The number of amides is 1. The van der Waals surface area contributed by atoms with Gasteiger partial charge in [-0.25, -0.2) is 0 Å². The smallest absolute Gasteiger partial charge is 0.233 e. The number of hydrogen-bond donors (Lipinski definition) is 0. The lowest BCUT2D eigenvalue weighted by molar-refractivity contribution is -0.128. The van der Waals surface area contributed by atoms with Crippen LogP contribution in [0.15, 0.2) is 28.7 Å². The van der Waals surface area contributed by atoms with Crippen molar-refractivity contribution in [2.75, 3.05) is 45.1 Å². The number of carbonyl (C=O) groups excluding carboxylic acids is 1. The molecule has 2 heterocycles. The average molecular weight is 371 g/mol. The molecule has 1 unspecified atom stereocenters. The summed E-state index contributed by atoms with van der Waals surface area (Å²) in [5.41, 5.74) is 1.20. The number of ether oxygens (including phenoxy) is 1. The molecule has 2 saturated heterocycles. The Morgan fingerprint density at radius 1 is 1.29 bits per heavy atom. The minimum absolute atomic E-state index is 0.149. The summed E-state index contributed by atoms with van der Waals surface area (Å²) in [4.78, 5) is 16.6. The van der Waals surface area contributed by atoms with Crippen molar-refractivity contribution in [3.05, 3.63) is 34.3 Å². The van der Waals surface area contributed by atoms with Crippen molar-refractivity contribution in [3.63, 3.8) is 0 Å². The van der Waals surface area contributed by atoms with Gasteiger partial charge >= 0.3 is 0 Å². The van der Waals surface area contributed by atoms with Gasteiger partial charge in [0.1, 0.15) is 5.37 Å². The predicted octanol–water partition coefficient (Wildman–Crippen LogP) is 2.36. The molecule has 0 bridgehead atoms. The molecule has 0 spiro atoms. The molecule has 2 fully saturated rings. The molecule has 3 rings (SSSR count). The van der Waals surface area contributed by atoms with Gasteiger partial charge in [-0.3, -0.25) is 9.69 Å². The van der Waals surface area contributed by atoms with Crippen LogP contribution in [0.4, 0.5) is 0 Å². The molecule has 1 aromatic rings. The van der Waals surface area contributed by atoms with Gasteiger partial charge < -0.3 is 9.64 Å². The van der Waals surface area contributed by atoms with Gasteiger partial charge in [0.2, 0.25) is 5.91 Å². The monoisotopic (exact) mass is 370 g/mol. The summed E-state index contributed by atoms with van der Waals surface area (Å²) in [5, 5.41) is 0.149. The molecule has 114 valence electrons. The second-order valence-electron chi connectivity index (χ2n) is 5.26. The van der Waals surface area contributed by atoms with Crippen LogP contribution in [0.3, 0.4) is 0 Å². The summed E-state index contributed by atoms with van der Waals surface area (Å²) in [6.07, 6.45) is 0. The quantitative estimate of drug-likeness (QED) is 0.814. The van der Waals surface area contributed by atoms with Crippen LogP contribution in [0.25, 0.3) is 0 Å². The Bertz CT molecular complexity index is 508. The molecule has 21 heavy (non-hydrogen) atoms. The third-order valence-electron chi connectivity index (χ3n) is 3.86. The third kappa shape index (κ3) is 3.80. The third-order valence-corrected chi connectivity index (χ3v) is 5.61. The van der Waals surface area contributed by atoms with Gasteiger partial charge in [-0.1, -0.05) is 28.1 Å². The van der Waals surface area contributed by atoms with E-state index in [4.69, 9.17) is 4.74 Å². The molecule has 1 amide bonds. The molecule has 4 nitrogen and oxygen atoms in total. The number of halogens is 1. The van der Waals surface area contributed by atoms with Gasteiger partial charge in [-0.15, -0.1) is 11.8 Å². The van der Waals surface area contributed by atoms with E-state index in [0.717, 1.165) is 43.9 Å². The summed E-state index contributed by atoms with van der Waals surface area (Å²) in [7, 11) is 0. The second-order valence-corrected chi connectivity index (χ2v) is 7.24. The Labute approximate surface area is 137 Å². The van der Waals surface area contributed by atoms with E-state index in [9.17, 15) is 4.79 Å². The minimum atomic E-state index is 0.149. The minimum Gasteiger partial charge on any atom is -0.379 e. The standard InChI is InChI=1S/C15H19BrN2O2S/c16-13-3-1-2-12(10-13)15-18(14(19)11-21-15)5-4-17-6-8-20-9-7-17/h1-3,10,15H,4-9,11H2. The highest BCUT2D eigenvalue weighted by atomic mass is 79.9. The van der Waals surface area contributed by atoms with Crippen LogP contribution in [0.1, 0.15) is 10.9 Å². The zero-order chi connectivity index (χ0) is 14.7. The summed E-state index contributed by atoms with van der Waals surface area (Å²) >= 11 is 5.23. The van der Waals surface area contributed by atoms with Gasteiger partial charge in [0.05, 0.1) is 19.0 Å². The van der Waals surface area contributed by atoms with E-state index in [1.54, 1.807) is 11.8 Å². The maximum atomic E-state index is 12.2. The van der Waals surface area contributed by atoms with Gasteiger partial charge in [0, 0.05) is 30.7 Å². The van der Waals surface area contributed by atoms with Crippen molar-refractivity contribution in [1.29, 1.82) is 0 Å². The van der Waals surface area contributed by atoms with E-state index in [1.165, 1.54) is 5.56 Å². The molecular weight excluding hydrogens is 352 g/mol. The van der Waals surface area contributed by atoms with Crippen LogP contribution in [0.5, 0.6) is 0 Å². The van der Waals surface area contributed by atoms with E-state index < -0.39 is 0 Å². The zero-order valence-electron chi connectivity index (χ0n) is 11.8. The molecule has 1 atom stereocenters. The summed E-state index contributed by atoms with van der Waals surface area (Å²) in [6.45, 7) is 5.27. The number of nitrogens with zero attached hydrogens (tertiary/aromatic N) is 2. The van der Waals surface area contributed by atoms with Crippen molar-refractivity contribution >= 4 is 33.6 Å². The van der Waals surface area contributed by atoms with Crippen molar-refractivity contribution in [1.82, 2.24) is 9.80 Å². The lowest BCUT2D eigenvalue weighted by Crippen LogP contribution is -2.42. The fourth-order valence-electron chi connectivity index (χ4n) is 2.71. The lowest BCUT2D eigenvalue weighted by atomic mass is 10.2. The summed E-state index contributed by atoms with van der Waals surface area (Å²) < 4.78 is 6.43. The molecule has 0 saturated carbocycles. The number of hydrogen-bond acceptors (Lipinski definition) is 4. The second kappa shape index (κ2) is 7.13. The number of carbonyl (C=O) groups is 1. The van der Waals surface area contributed by atoms with Crippen LogP contribution >= 0.6 is 27.7 Å². The zero-order valence-corrected chi connectivity index (χ0v) is 14.2. The van der Waals surface area contributed by atoms with Crippen LogP contribution in [-0.4, -0.2) is 60.9 Å². The Hall–Kier alpha value is -0.560. The number of thioether (sulfide) groups is 1. The fourth-order valence-corrected chi connectivity index (χ4v) is 4.33. The largest absolute Gasteiger partial charge is 0.379 e. The molecule has 2 aliphatic rings. The average Bonchev–Trinajstić information content (AvgIpc) is 2.87. The Morgan fingerprint density at radius 2 is 2.10 bits per heavy atom. The van der Waals surface area contributed by atoms with E-state index in [0.29, 0.717) is 5.75 Å². The number of benzene rings is 1. The van der Waals surface area contributed by atoms with Gasteiger partial charge in [-0.05, 0) is 17.7 Å². The highest BCUT2D eigenvalue weighted by Gasteiger charge is 2.32. The van der Waals surface area contributed by atoms with Crippen LogP contribution < -0.4 is 0 Å². The van der Waals surface area contributed by atoms with Crippen molar-refractivity contribution in [2.45, 2.75) is 5.37 Å². The number of rotatable bonds is 4. The van der Waals surface area contributed by atoms with Crippen molar-refractivity contribution < 1.29 is 9.53 Å². The first-order valence-electron chi connectivity index (χ1n) is 7.21. The van der Waals surface area contributed by atoms with E-state index >= 15 is 0 Å². The van der Waals surface area contributed by atoms with Gasteiger partial charge in [0.25, 0.3) is 0 Å². The molecule has 6 heteroatoms. The Morgan fingerprint density at radius 3 is 2.86 bits per heavy atom. The molecular formula is C15H19BrN2O2S. The maximum Gasteiger partial charge on any atom is 0.233 e. The molecule has 0 radical (unpaired) electrons. The molecule has 0 N–H and O–H groups in total. The van der Waals surface area contributed by atoms with Crippen molar-refractivity contribution in [2.24, 2.45) is 0 Å². The summed E-state index contributed by atoms with van der Waals surface area (Å²) in [5.74, 6) is 0.832. The molecule has 2 aliphatic heterocycles. The van der Waals surface area contributed by atoms with E-state index in [2.05, 4.69) is 33.0 Å². The number of morpholine rings is 1. The predicted molar refractivity (Wildman–Crippen MR) is 88.3 cm³/mol. The summed E-state index contributed by atoms with van der Waals surface area (Å²) in [6, 6.07) is 8.26. The Balaban J connectivity index is 1.65. The molecule has 1 aromatic carbocycles. The van der Waals surface area contributed by atoms with Gasteiger partial charge in [-0.2, -0.15) is 0 Å². The fraction of sp³-hybridized carbons (Fsp3) is 0.533. The molecule has 0 aromatic heterocycles.